The molecule has 0 saturated heterocycles. The summed E-state index contributed by atoms with van der Waals surface area (Å²) in [7, 11) is -4.84. The van der Waals surface area contributed by atoms with Crippen molar-refractivity contribution in [3.8, 4) is 11.8 Å². The van der Waals surface area contributed by atoms with E-state index in [1.165, 1.54) is 11.5 Å². The lowest BCUT2D eigenvalue weighted by Gasteiger charge is -2.17. The molecule has 0 unspecified atom stereocenters. The first-order valence-electron chi connectivity index (χ1n) is 10.7. The number of nitrogens with zero attached hydrogens (tertiary/aromatic N) is 3. The fourth-order valence-corrected chi connectivity index (χ4v) is 4.90. The van der Waals surface area contributed by atoms with Gasteiger partial charge >= 0.3 is 18.4 Å². The van der Waals surface area contributed by atoms with Gasteiger partial charge in [-0.3, -0.25) is 4.57 Å². The van der Waals surface area contributed by atoms with Crippen LogP contribution in [0.1, 0.15) is 36.8 Å². The number of aromatic nitrogens is 4. The lowest BCUT2D eigenvalue weighted by atomic mass is 10.1. The van der Waals surface area contributed by atoms with Gasteiger partial charge in [-0.25, -0.2) is 13.1 Å². The van der Waals surface area contributed by atoms with E-state index in [2.05, 4.69) is 19.9 Å². The third-order valence-corrected chi connectivity index (χ3v) is 6.91. The molecule has 0 radical (unpaired) electrons. The Morgan fingerprint density at radius 1 is 1.00 bits per heavy atom. The van der Waals surface area contributed by atoms with Crippen LogP contribution in [0.3, 0.4) is 0 Å². The molecule has 198 valence electrons. The molecular formula is C22H19F6N5O3S. The van der Waals surface area contributed by atoms with Crippen LogP contribution >= 0.6 is 0 Å². The minimum Gasteiger partial charge on any atom is -0.424 e. The molecule has 0 spiro atoms. The Labute approximate surface area is 206 Å². The number of sulfonamides is 1. The molecule has 4 rings (SSSR count). The topological polar surface area (TPSA) is 102 Å². The first-order valence-corrected chi connectivity index (χ1v) is 12.2. The number of hydrogen-bond donors (Lipinski definition) is 2. The molecule has 0 amide bonds. The quantitative estimate of drug-likeness (QED) is 0.291. The summed E-state index contributed by atoms with van der Waals surface area (Å²) >= 11 is 0. The zero-order valence-corrected chi connectivity index (χ0v) is 20.0. The Kier molecular flexibility index (Phi) is 6.71. The highest BCUT2D eigenvalue weighted by Gasteiger charge is 2.38. The first-order chi connectivity index (χ1) is 17.2. The predicted octanol–water partition coefficient (Wildman–Crippen LogP) is 5.65. The number of nitrogens with one attached hydrogen (secondary N) is 2. The number of rotatable bonds is 7. The van der Waals surface area contributed by atoms with Crippen molar-refractivity contribution < 1.29 is 39.5 Å². The third-order valence-electron chi connectivity index (χ3n) is 5.39. The van der Waals surface area contributed by atoms with Crippen LogP contribution in [0.2, 0.25) is 0 Å². The van der Waals surface area contributed by atoms with Crippen molar-refractivity contribution in [3.63, 3.8) is 0 Å². The predicted molar refractivity (Wildman–Crippen MR) is 119 cm³/mol. The van der Waals surface area contributed by atoms with Gasteiger partial charge in [0, 0.05) is 24.3 Å². The van der Waals surface area contributed by atoms with Crippen molar-refractivity contribution in [1.29, 1.82) is 0 Å². The molecule has 1 atom stereocenters. The van der Waals surface area contributed by atoms with E-state index in [1.54, 1.807) is 31.3 Å². The Bertz CT molecular complexity index is 1510. The molecule has 2 aromatic heterocycles. The molecule has 15 heteroatoms. The second kappa shape index (κ2) is 9.37. The smallest absolute Gasteiger partial charge is 0.416 e. The number of aromatic amines is 1. The normalized spacial score (nSPS) is 13.7. The number of benzene rings is 2. The van der Waals surface area contributed by atoms with Crippen molar-refractivity contribution >= 4 is 20.9 Å². The summed E-state index contributed by atoms with van der Waals surface area (Å²) < 4.78 is 114. The third kappa shape index (κ3) is 5.56. The Balaban J connectivity index is 1.63. The van der Waals surface area contributed by atoms with E-state index in [1.807, 2.05) is 6.07 Å². The van der Waals surface area contributed by atoms with Gasteiger partial charge in [0.25, 0.3) is 0 Å². The summed E-state index contributed by atoms with van der Waals surface area (Å²) in [4.78, 5) is 1.83. The van der Waals surface area contributed by atoms with E-state index < -0.39 is 44.4 Å². The van der Waals surface area contributed by atoms with E-state index in [0.717, 1.165) is 10.9 Å². The average molecular weight is 547 g/mol. The maximum Gasteiger partial charge on any atom is 0.416 e. The molecule has 2 N–H and O–H groups in total. The molecule has 2 heterocycles. The lowest BCUT2D eigenvalue weighted by molar-refractivity contribution is -0.143. The molecule has 4 aromatic rings. The monoisotopic (exact) mass is 547 g/mol. The number of halogens is 6. The summed E-state index contributed by atoms with van der Waals surface area (Å²) in [5.74, 6) is 0.436. The number of fused-ring (bicyclic) bond motifs is 1. The maximum atomic E-state index is 13.2. The minimum absolute atomic E-state index is 0.00730. The van der Waals surface area contributed by atoms with Crippen LogP contribution < -0.4 is 9.46 Å². The van der Waals surface area contributed by atoms with E-state index in [0.29, 0.717) is 5.75 Å². The van der Waals surface area contributed by atoms with Crippen molar-refractivity contribution in [3.05, 3.63) is 65.6 Å². The maximum absolute atomic E-state index is 13.2. The summed E-state index contributed by atoms with van der Waals surface area (Å²) in [5, 5.41) is 8.78. The van der Waals surface area contributed by atoms with E-state index in [-0.39, 0.29) is 36.6 Å². The second-order valence-corrected chi connectivity index (χ2v) is 9.71. The van der Waals surface area contributed by atoms with Crippen molar-refractivity contribution in [1.82, 2.24) is 24.5 Å². The van der Waals surface area contributed by atoms with Crippen LogP contribution in [0.25, 0.3) is 10.9 Å². The lowest BCUT2D eigenvalue weighted by Crippen LogP contribution is -2.29. The Morgan fingerprint density at radius 2 is 1.65 bits per heavy atom. The van der Waals surface area contributed by atoms with Crippen LogP contribution in [0.15, 0.2) is 53.6 Å². The molecule has 37 heavy (non-hydrogen) atoms. The van der Waals surface area contributed by atoms with Gasteiger partial charge in [-0.05, 0) is 55.6 Å². The van der Waals surface area contributed by atoms with Gasteiger partial charge < -0.3 is 9.72 Å². The fraction of sp³-hybridized carbons (Fsp3) is 0.273. The number of ether oxygens (including phenoxy) is 1. The molecule has 0 aliphatic carbocycles. The van der Waals surface area contributed by atoms with Gasteiger partial charge in [-0.2, -0.15) is 26.3 Å². The largest absolute Gasteiger partial charge is 0.424 e. The summed E-state index contributed by atoms with van der Waals surface area (Å²) in [6.45, 7) is 3.23. The standard InChI is InChI=1S/C22H19F6N5O3S/c1-3-33-19(30-31-20(33)36-16-5-4-13-6-7-29-18(13)11-16)12(2)32-37(34,35)17-9-14(21(23,24)25)8-15(10-17)22(26,27)28/h4-12,29,32H,3H2,1-2H3/t12-/m1/s1. The highest BCUT2D eigenvalue weighted by molar-refractivity contribution is 7.89. The van der Waals surface area contributed by atoms with E-state index in [4.69, 9.17) is 4.74 Å². The fourth-order valence-electron chi connectivity index (χ4n) is 3.62. The van der Waals surface area contributed by atoms with Crippen LogP contribution in [0.5, 0.6) is 11.8 Å². The molecule has 0 aliphatic rings. The zero-order valence-electron chi connectivity index (χ0n) is 19.1. The highest BCUT2D eigenvalue weighted by atomic mass is 32.2. The Morgan fingerprint density at radius 3 is 2.24 bits per heavy atom. The highest BCUT2D eigenvalue weighted by Crippen LogP contribution is 2.37. The van der Waals surface area contributed by atoms with Gasteiger partial charge in [0.15, 0.2) is 5.82 Å². The van der Waals surface area contributed by atoms with Crippen LogP contribution in [-0.2, 0) is 28.9 Å². The second-order valence-electron chi connectivity index (χ2n) is 8.00. The SMILES string of the molecule is CCn1c(Oc2ccc3cc[nH]c3c2)nnc1[C@@H](C)NS(=O)(=O)c1cc(C(F)(F)F)cc(C(F)(F)F)c1. The molecule has 2 aromatic carbocycles. The van der Waals surface area contributed by atoms with Crippen molar-refractivity contribution in [2.45, 2.75) is 43.7 Å². The number of H-pyrrole nitrogens is 1. The Hall–Kier alpha value is -3.59. The number of alkyl halides is 6. The van der Waals surface area contributed by atoms with Gasteiger partial charge in [0.2, 0.25) is 10.0 Å². The molecule has 0 aliphatic heterocycles. The van der Waals surface area contributed by atoms with Crippen LogP contribution in [0, 0.1) is 0 Å². The molecule has 0 bridgehead atoms. The molecule has 0 saturated carbocycles. The summed E-state index contributed by atoms with van der Waals surface area (Å²) in [6, 6.07) is 6.00. The van der Waals surface area contributed by atoms with E-state index >= 15 is 0 Å². The summed E-state index contributed by atoms with van der Waals surface area (Å²) in [5.41, 5.74) is -2.70. The molecular weight excluding hydrogens is 528 g/mol. The van der Waals surface area contributed by atoms with Crippen LogP contribution in [-0.4, -0.2) is 28.2 Å². The average Bonchev–Trinajstić information content (AvgIpc) is 3.43. The van der Waals surface area contributed by atoms with Crippen molar-refractivity contribution in [2.75, 3.05) is 0 Å². The van der Waals surface area contributed by atoms with Gasteiger partial charge in [-0.1, -0.05) is 5.10 Å². The van der Waals surface area contributed by atoms with Crippen molar-refractivity contribution in [2.24, 2.45) is 0 Å². The summed E-state index contributed by atoms with van der Waals surface area (Å²) in [6.07, 6.45) is -8.65. The molecule has 8 nitrogen and oxygen atoms in total. The minimum atomic E-state index is -5.20. The first kappa shape index (κ1) is 26.5. The van der Waals surface area contributed by atoms with E-state index in [9.17, 15) is 34.8 Å². The van der Waals surface area contributed by atoms with Gasteiger partial charge in [0.1, 0.15) is 5.75 Å². The number of hydrogen-bond acceptors (Lipinski definition) is 5. The van der Waals surface area contributed by atoms with Crippen LogP contribution in [0.4, 0.5) is 26.3 Å². The zero-order chi connectivity index (χ0) is 27.2. The van der Waals surface area contributed by atoms with Gasteiger partial charge in [-0.15, -0.1) is 5.10 Å². The van der Waals surface area contributed by atoms with Gasteiger partial charge in [0.05, 0.1) is 22.1 Å². The molecule has 0 fully saturated rings.